The Morgan fingerprint density at radius 3 is 2.92 bits per heavy atom. The largest absolute Gasteiger partial charge is 0.336 e. The number of nitrogens with zero attached hydrogens (tertiary/aromatic N) is 5. The molecule has 0 spiro atoms. The number of likely N-dealkylation sites (N-methyl/N-ethyl adjacent to an activating group) is 1. The summed E-state index contributed by atoms with van der Waals surface area (Å²) in [5.74, 6) is 1.69. The molecular weight excluding hydrogens is 341 g/mol. The van der Waals surface area contributed by atoms with E-state index in [2.05, 4.69) is 15.2 Å². The van der Waals surface area contributed by atoms with Crippen LogP contribution < -0.4 is 0 Å². The number of thioether (sulfide) groups is 1. The molecule has 134 valence electrons. The van der Waals surface area contributed by atoms with Crippen LogP contribution in [-0.2, 0) is 13.1 Å². The molecule has 1 aromatic heterocycles. The van der Waals surface area contributed by atoms with Crippen LogP contribution in [0.5, 0.6) is 0 Å². The molecular formula is C17H22FN5OS. The minimum absolute atomic E-state index is 0.0420. The maximum atomic E-state index is 13.2. The molecule has 25 heavy (non-hydrogen) atoms. The van der Waals surface area contributed by atoms with Crippen LogP contribution >= 0.6 is 11.8 Å². The number of hydrogen-bond donors (Lipinski definition) is 0. The number of aromatic nitrogens is 3. The van der Waals surface area contributed by atoms with Crippen molar-refractivity contribution in [3.05, 3.63) is 47.5 Å². The number of rotatable bonds is 6. The summed E-state index contributed by atoms with van der Waals surface area (Å²) in [7, 11) is 1.97. The van der Waals surface area contributed by atoms with Gasteiger partial charge in [0, 0.05) is 37.7 Å². The van der Waals surface area contributed by atoms with E-state index in [1.165, 1.54) is 6.07 Å². The van der Waals surface area contributed by atoms with E-state index in [0.717, 1.165) is 36.7 Å². The predicted octanol–water partition coefficient (Wildman–Crippen LogP) is 1.74. The van der Waals surface area contributed by atoms with Crippen molar-refractivity contribution < 1.29 is 9.18 Å². The minimum atomic E-state index is -0.221. The van der Waals surface area contributed by atoms with Gasteiger partial charge in [-0.1, -0.05) is 17.3 Å². The first-order chi connectivity index (χ1) is 12.1. The summed E-state index contributed by atoms with van der Waals surface area (Å²) >= 11 is 1.87. The molecule has 1 aromatic carbocycles. The topological polar surface area (TPSA) is 54.3 Å². The van der Waals surface area contributed by atoms with E-state index in [4.69, 9.17) is 0 Å². The van der Waals surface area contributed by atoms with E-state index in [1.807, 2.05) is 29.8 Å². The summed E-state index contributed by atoms with van der Waals surface area (Å²) in [5.41, 5.74) is 1.33. The third-order valence-corrected chi connectivity index (χ3v) is 5.05. The molecule has 2 heterocycles. The smallest absolute Gasteiger partial charge is 0.276 e. The van der Waals surface area contributed by atoms with Crippen LogP contribution in [0.1, 0.15) is 16.1 Å². The van der Waals surface area contributed by atoms with E-state index in [-0.39, 0.29) is 11.7 Å². The lowest BCUT2D eigenvalue weighted by Gasteiger charge is -2.25. The fourth-order valence-electron chi connectivity index (χ4n) is 2.73. The molecule has 3 rings (SSSR count). The Morgan fingerprint density at radius 2 is 2.16 bits per heavy atom. The monoisotopic (exact) mass is 363 g/mol. The SMILES string of the molecule is CN(CCn1cc(C(=O)N2CCSCC2)nn1)Cc1cccc(F)c1. The van der Waals surface area contributed by atoms with Crippen LogP contribution in [0, 0.1) is 5.82 Å². The summed E-state index contributed by atoms with van der Waals surface area (Å²) in [6, 6.07) is 6.60. The number of hydrogen-bond acceptors (Lipinski definition) is 5. The second-order valence-electron chi connectivity index (χ2n) is 6.14. The summed E-state index contributed by atoms with van der Waals surface area (Å²) in [4.78, 5) is 16.3. The number of halogens is 1. The first kappa shape index (κ1) is 17.9. The molecule has 0 unspecified atom stereocenters. The molecule has 0 N–H and O–H groups in total. The van der Waals surface area contributed by atoms with Crippen molar-refractivity contribution in [2.24, 2.45) is 0 Å². The van der Waals surface area contributed by atoms with E-state index < -0.39 is 0 Å². The molecule has 0 bridgehead atoms. The van der Waals surface area contributed by atoms with Gasteiger partial charge in [0.1, 0.15) is 5.82 Å². The average Bonchev–Trinajstić information content (AvgIpc) is 3.09. The van der Waals surface area contributed by atoms with Gasteiger partial charge >= 0.3 is 0 Å². The van der Waals surface area contributed by atoms with Gasteiger partial charge in [0.05, 0.1) is 12.7 Å². The zero-order valence-corrected chi connectivity index (χ0v) is 15.1. The van der Waals surface area contributed by atoms with E-state index in [0.29, 0.717) is 18.8 Å². The molecule has 0 atom stereocenters. The van der Waals surface area contributed by atoms with Gasteiger partial charge in [-0.2, -0.15) is 11.8 Å². The van der Waals surface area contributed by atoms with Gasteiger partial charge in [-0.25, -0.2) is 4.39 Å². The Morgan fingerprint density at radius 1 is 1.36 bits per heavy atom. The van der Waals surface area contributed by atoms with Crippen molar-refractivity contribution >= 4 is 17.7 Å². The highest BCUT2D eigenvalue weighted by Gasteiger charge is 2.21. The van der Waals surface area contributed by atoms with E-state index >= 15 is 0 Å². The van der Waals surface area contributed by atoms with E-state index in [1.54, 1.807) is 23.0 Å². The minimum Gasteiger partial charge on any atom is -0.336 e. The molecule has 2 aromatic rings. The van der Waals surface area contributed by atoms with Gasteiger partial charge in [0.2, 0.25) is 0 Å². The highest BCUT2D eigenvalue weighted by molar-refractivity contribution is 7.99. The highest BCUT2D eigenvalue weighted by atomic mass is 32.2. The Kier molecular flexibility index (Phi) is 6.04. The maximum absolute atomic E-state index is 13.2. The summed E-state index contributed by atoms with van der Waals surface area (Å²) in [6.07, 6.45) is 1.71. The van der Waals surface area contributed by atoms with Gasteiger partial charge in [-0.3, -0.25) is 9.48 Å². The molecule has 0 aliphatic carbocycles. The van der Waals surface area contributed by atoms with Crippen molar-refractivity contribution in [3.8, 4) is 0 Å². The molecule has 1 aliphatic heterocycles. The molecule has 0 radical (unpaired) electrons. The van der Waals surface area contributed by atoms with Gasteiger partial charge in [0.25, 0.3) is 5.91 Å². The average molecular weight is 363 g/mol. The fourth-order valence-corrected chi connectivity index (χ4v) is 3.64. The Hall–Kier alpha value is -1.93. The molecule has 0 saturated carbocycles. The van der Waals surface area contributed by atoms with Crippen LogP contribution in [0.2, 0.25) is 0 Å². The van der Waals surface area contributed by atoms with Crippen molar-refractivity contribution in [2.75, 3.05) is 38.2 Å². The molecule has 1 saturated heterocycles. The summed E-state index contributed by atoms with van der Waals surface area (Å²) in [6.45, 7) is 3.55. The first-order valence-electron chi connectivity index (χ1n) is 8.32. The lowest BCUT2D eigenvalue weighted by Crippen LogP contribution is -2.38. The molecule has 1 amide bonds. The van der Waals surface area contributed by atoms with Gasteiger partial charge in [-0.05, 0) is 24.7 Å². The quantitative estimate of drug-likeness (QED) is 0.783. The molecule has 1 fully saturated rings. The zero-order chi connectivity index (χ0) is 17.6. The Labute approximate surface area is 151 Å². The second kappa shape index (κ2) is 8.44. The Bertz CT molecular complexity index is 717. The third-order valence-electron chi connectivity index (χ3n) is 4.11. The van der Waals surface area contributed by atoms with Crippen LogP contribution in [0.4, 0.5) is 4.39 Å². The van der Waals surface area contributed by atoms with Gasteiger partial charge < -0.3 is 9.80 Å². The standard InChI is InChI=1S/C17H22FN5OS/c1-21(12-14-3-2-4-15(18)11-14)5-6-23-13-16(19-20-23)17(24)22-7-9-25-10-8-22/h2-4,11,13H,5-10,12H2,1H3. The highest BCUT2D eigenvalue weighted by Crippen LogP contribution is 2.12. The van der Waals surface area contributed by atoms with E-state index in [9.17, 15) is 9.18 Å². The molecule has 8 heteroatoms. The Balaban J connectivity index is 1.50. The van der Waals surface area contributed by atoms with Crippen LogP contribution in [-0.4, -0.2) is 68.9 Å². The van der Waals surface area contributed by atoms with Crippen LogP contribution in [0.15, 0.2) is 30.5 Å². The summed E-state index contributed by atoms with van der Waals surface area (Å²) in [5, 5.41) is 8.06. The fraction of sp³-hybridized carbons (Fsp3) is 0.471. The second-order valence-corrected chi connectivity index (χ2v) is 7.36. The van der Waals surface area contributed by atoms with Crippen molar-refractivity contribution in [1.29, 1.82) is 0 Å². The van der Waals surface area contributed by atoms with Gasteiger partial charge in [-0.15, -0.1) is 5.10 Å². The number of carbonyl (C=O) groups excluding carboxylic acids is 1. The van der Waals surface area contributed by atoms with Crippen molar-refractivity contribution in [2.45, 2.75) is 13.1 Å². The third kappa shape index (κ3) is 5.02. The van der Waals surface area contributed by atoms with Crippen molar-refractivity contribution in [1.82, 2.24) is 24.8 Å². The maximum Gasteiger partial charge on any atom is 0.276 e. The first-order valence-corrected chi connectivity index (χ1v) is 9.47. The number of carbonyl (C=O) groups is 1. The lowest BCUT2D eigenvalue weighted by molar-refractivity contribution is 0.0766. The van der Waals surface area contributed by atoms with Crippen molar-refractivity contribution in [3.63, 3.8) is 0 Å². The molecule has 6 nitrogen and oxygen atoms in total. The summed E-state index contributed by atoms with van der Waals surface area (Å²) < 4.78 is 14.9. The number of benzene rings is 1. The van der Waals surface area contributed by atoms with Crippen LogP contribution in [0.3, 0.4) is 0 Å². The normalized spacial score (nSPS) is 14.9. The van der Waals surface area contributed by atoms with Crippen LogP contribution in [0.25, 0.3) is 0 Å². The van der Waals surface area contributed by atoms with Gasteiger partial charge in [0.15, 0.2) is 5.69 Å². The predicted molar refractivity (Wildman–Crippen MR) is 96.0 cm³/mol. The number of amides is 1. The molecule has 1 aliphatic rings. The zero-order valence-electron chi connectivity index (χ0n) is 14.3. The lowest BCUT2D eigenvalue weighted by atomic mass is 10.2.